The number of carbonyl (C=O) groups excluding carboxylic acids is 3. The summed E-state index contributed by atoms with van der Waals surface area (Å²) in [6.07, 6.45) is 1.21. The maximum Gasteiger partial charge on any atom is 0.240 e. The Morgan fingerprint density at radius 1 is 1.16 bits per heavy atom. The Hall–Kier alpha value is -4.14. The number of nitrogens with one attached hydrogen (secondary N) is 1. The third kappa shape index (κ3) is 3.76. The summed E-state index contributed by atoms with van der Waals surface area (Å²) in [5, 5.41) is 6.91. The van der Waals surface area contributed by atoms with Gasteiger partial charge < -0.3 is 24.4 Å². The van der Waals surface area contributed by atoms with Gasteiger partial charge in [-0.3, -0.25) is 14.4 Å². The number of hydrogen-bond acceptors (Lipinski definition) is 6. The average Bonchev–Trinajstić information content (AvgIpc) is 3.54. The number of likely N-dealkylation sites (tertiary alicyclic amines) is 1. The normalized spacial score (nSPS) is 22.8. The van der Waals surface area contributed by atoms with E-state index in [0.717, 1.165) is 22.4 Å². The average molecular weight is 515 g/mol. The van der Waals surface area contributed by atoms with E-state index in [-0.39, 0.29) is 30.7 Å². The van der Waals surface area contributed by atoms with Gasteiger partial charge in [0.1, 0.15) is 23.5 Å². The number of hydrogen-bond donors (Lipinski definition) is 1. The SMILES string of the molecule is Cc1noc(C)c1CC(=O)N1CC[C@]23C(=O)N(CC(=O)NCCCOc4cccc(c4)[C@H]12)c1ccccc13. The lowest BCUT2D eigenvalue weighted by Gasteiger charge is -2.35. The van der Waals surface area contributed by atoms with E-state index >= 15 is 0 Å². The summed E-state index contributed by atoms with van der Waals surface area (Å²) in [5.74, 6) is 0.805. The molecule has 3 aliphatic rings. The van der Waals surface area contributed by atoms with Gasteiger partial charge in [-0.25, -0.2) is 0 Å². The second kappa shape index (κ2) is 9.31. The van der Waals surface area contributed by atoms with Crippen LogP contribution in [0.5, 0.6) is 5.75 Å². The van der Waals surface area contributed by atoms with E-state index in [9.17, 15) is 14.4 Å². The molecule has 1 N–H and O–H groups in total. The van der Waals surface area contributed by atoms with E-state index in [2.05, 4.69) is 10.5 Å². The van der Waals surface area contributed by atoms with Gasteiger partial charge in [0.25, 0.3) is 0 Å². The highest BCUT2D eigenvalue weighted by Crippen LogP contribution is 2.56. The number of rotatable bonds is 2. The number of carbonyl (C=O) groups is 3. The number of para-hydroxylation sites is 1. The summed E-state index contributed by atoms with van der Waals surface area (Å²) in [4.78, 5) is 44.6. The minimum Gasteiger partial charge on any atom is -0.494 e. The van der Waals surface area contributed by atoms with E-state index < -0.39 is 11.5 Å². The first-order valence-corrected chi connectivity index (χ1v) is 13.0. The zero-order valence-electron chi connectivity index (χ0n) is 21.5. The van der Waals surface area contributed by atoms with Crippen molar-refractivity contribution in [1.29, 1.82) is 0 Å². The molecule has 6 rings (SSSR count). The molecule has 2 atom stereocenters. The van der Waals surface area contributed by atoms with Crippen LogP contribution in [0.4, 0.5) is 5.69 Å². The van der Waals surface area contributed by atoms with Crippen molar-refractivity contribution in [3.05, 3.63) is 76.7 Å². The first kappa shape index (κ1) is 24.2. The summed E-state index contributed by atoms with van der Waals surface area (Å²) < 4.78 is 11.3. The molecule has 3 amide bonds. The maximum atomic E-state index is 14.4. The molecule has 0 radical (unpaired) electrons. The minimum atomic E-state index is -1.02. The maximum absolute atomic E-state index is 14.4. The van der Waals surface area contributed by atoms with E-state index in [1.807, 2.05) is 60.4 Å². The molecule has 4 bridgehead atoms. The summed E-state index contributed by atoms with van der Waals surface area (Å²) in [6, 6.07) is 14.8. The quantitative estimate of drug-likeness (QED) is 0.564. The zero-order chi connectivity index (χ0) is 26.4. The van der Waals surface area contributed by atoms with Gasteiger partial charge in [0, 0.05) is 24.3 Å². The summed E-state index contributed by atoms with van der Waals surface area (Å²) >= 11 is 0. The Kier molecular flexibility index (Phi) is 5.93. The number of benzene rings is 2. The molecule has 1 fully saturated rings. The van der Waals surface area contributed by atoms with Crippen LogP contribution in [0.1, 0.15) is 47.0 Å². The molecule has 9 nitrogen and oxygen atoms in total. The molecule has 0 unspecified atom stereocenters. The van der Waals surface area contributed by atoms with Gasteiger partial charge in [0.15, 0.2) is 0 Å². The lowest BCUT2D eigenvalue weighted by molar-refractivity contribution is -0.133. The van der Waals surface area contributed by atoms with Crippen LogP contribution < -0.4 is 15.0 Å². The van der Waals surface area contributed by atoms with Crippen LogP contribution in [0.2, 0.25) is 0 Å². The molecule has 3 aromatic rings. The first-order valence-electron chi connectivity index (χ1n) is 13.0. The molecule has 196 valence electrons. The van der Waals surface area contributed by atoms with Gasteiger partial charge in [0.2, 0.25) is 17.7 Å². The zero-order valence-corrected chi connectivity index (χ0v) is 21.5. The molecular weight excluding hydrogens is 484 g/mol. The number of fused-ring (bicyclic) bond motifs is 6. The Balaban J connectivity index is 1.50. The fraction of sp³-hybridized carbons (Fsp3) is 0.379. The molecule has 1 saturated heterocycles. The predicted octanol–water partition coefficient (Wildman–Crippen LogP) is 2.99. The highest BCUT2D eigenvalue weighted by Gasteiger charge is 2.61. The molecule has 38 heavy (non-hydrogen) atoms. The van der Waals surface area contributed by atoms with Crippen LogP contribution in [0.3, 0.4) is 0 Å². The van der Waals surface area contributed by atoms with Crippen LogP contribution in [-0.4, -0.2) is 54.0 Å². The number of aromatic nitrogens is 1. The Bertz CT molecular complexity index is 1410. The predicted molar refractivity (Wildman–Crippen MR) is 139 cm³/mol. The van der Waals surface area contributed by atoms with Crippen LogP contribution in [-0.2, 0) is 26.2 Å². The Morgan fingerprint density at radius 3 is 2.82 bits per heavy atom. The molecule has 1 aromatic heterocycles. The number of ether oxygens (including phenoxy) is 1. The summed E-state index contributed by atoms with van der Waals surface area (Å²) in [6.45, 7) is 4.86. The smallest absolute Gasteiger partial charge is 0.240 e. The van der Waals surface area contributed by atoms with E-state index in [1.165, 1.54) is 0 Å². The van der Waals surface area contributed by atoms with Crippen LogP contribution >= 0.6 is 0 Å². The van der Waals surface area contributed by atoms with Crippen LogP contribution in [0.15, 0.2) is 53.1 Å². The van der Waals surface area contributed by atoms with Crippen molar-refractivity contribution in [3.63, 3.8) is 0 Å². The van der Waals surface area contributed by atoms with Crippen molar-refractivity contribution in [3.8, 4) is 5.75 Å². The van der Waals surface area contributed by atoms with Crippen molar-refractivity contribution in [2.75, 3.05) is 31.1 Å². The fourth-order valence-electron chi connectivity index (χ4n) is 6.25. The monoisotopic (exact) mass is 514 g/mol. The van der Waals surface area contributed by atoms with Gasteiger partial charge in [-0.15, -0.1) is 0 Å². The highest BCUT2D eigenvalue weighted by molar-refractivity contribution is 6.12. The van der Waals surface area contributed by atoms with Crippen molar-refractivity contribution in [1.82, 2.24) is 15.4 Å². The number of amides is 3. The van der Waals surface area contributed by atoms with Crippen molar-refractivity contribution in [2.24, 2.45) is 0 Å². The van der Waals surface area contributed by atoms with Gasteiger partial charge in [-0.1, -0.05) is 35.5 Å². The van der Waals surface area contributed by atoms with Gasteiger partial charge in [-0.2, -0.15) is 0 Å². The molecule has 9 heteroatoms. The molecule has 4 heterocycles. The van der Waals surface area contributed by atoms with E-state index in [0.29, 0.717) is 49.7 Å². The molecule has 3 aliphatic heterocycles. The van der Waals surface area contributed by atoms with Crippen molar-refractivity contribution < 1.29 is 23.6 Å². The largest absolute Gasteiger partial charge is 0.494 e. The minimum absolute atomic E-state index is 0.0712. The molecule has 0 aliphatic carbocycles. The lowest BCUT2D eigenvalue weighted by atomic mass is 9.72. The summed E-state index contributed by atoms with van der Waals surface area (Å²) in [7, 11) is 0. The van der Waals surface area contributed by atoms with E-state index in [1.54, 1.807) is 11.8 Å². The number of aryl methyl sites for hydroxylation is 2. The lowest BCUT2D eigenvalue weighted by Crippen LogP contribution is -2.48. The third-order valence-electron chi connectivity index (χ3n) is 8.04. The molecule has 0 saturated carbocycles. The fourth-order valence-corrected chi connectivity index (χ4v) is 6.25. The number of anilines is 1. The van der Waals surface area contributed by atoms with Crippen LogP contribution in [0.25, 0.3) is 0 Å². The Labute approximate surface area is 220 Å². The van der Waals surface area contributed by atoms with Crippen LogP contribution in [0, 0.1) is 13.8 Å². The van der Waals surface area contributed by atoms with Gasteiger partial charge in [0.05, 0.1) is 24.8 Å². The first-order chi connectivity index (χ1) is 18.4. The number of nitrogens with zero attached hydrogens (tertiary/aromatic N) is 3. The standard InChI is InChI=1S/C29H30N4O5/c1-18-22(19(2)38-31-18)16-26(35)32-13-11-29-23-9-3-4-10-24(23)33(28(29)36)17-25(34)30-12-6-14-37-21-8-5-7-20(15-21)27(29)32/h3-5,7-10,15,27H,6,11-14,16-17H2,1-2H3,(H,30,34)/t27-,29+/m0/s1. The van der Waals surface area contributed by atoms with Gasteiger partial charge in [-0.05, 0) is 56.0 Å². The molecular formula is C29H30N4O5. The topological polar surface area (TPSA) is 105 Å². The summed E-state index contributed by atoms with van der Waals surface area (Å²) in [5.41, 5.74) is 2.83. The highest BCUT2D eigenvalue weighted by atomic mass is 16.5. The molecule has 1 spiro atoms. The van der Waals surface area contributed by atoms with Gasteiger partial charge >= 0.3 is 0 Å². The second-order valence-electron chi connectivity index (χ2n) is 10.2. The van der Waals surface area contributed by atoms with Crippen molar-refractivity contribution >= 4 is 23.4 Å². The van der Waals surface area contributed by atoms with E-state index in [4.69, 9.17) is 9.26 Å². The Morgan fingerprint density at radius 2 is 2.00 bits per heavy atom. The van der Waals surface area contributed by atoms with Crippen molar-refractivity contribution in [2.45, 2.75) is 44.6 Å². The second-order valence-corrected chi connectivity index (χ2v) is 10.2. The third-order valence-corrected chi connectivity index (χ3v) is 8.04. The molecule has 2 aromatic carbocycles.